The van der Waals surface area contributed by atoms with Crippen molar-refractivity contribution in [3.8, 4) is 17.2 Å². The van der Waals surface area contributed by atoms with Crippen molar-refractivity contribution in [2.24, 2.45) is 0 Å². The van der Waals surface area contributed by atoms with Crippen LogP contribution in [0.5, 0.6) is 17.2 Å². The van der Waals surface area contributed by atoms with E-state index in [9.17, 15) is 14.7 Å². The number of carbonyl (C=O) groups is 2. The Hall–Kier alpha value is -3.11. The zero-order valence-corrected chi connectivity index (χ0v) is 19.3. The molecule has 2 aromatic carbocycles. The van der Waals surface area contributed by atoms with Crippen LogP contribution in [-0.2, 0) is 14.3 Å². The lowest BCUT2D eigenvalue weighted by molar-refractivity contribution is -0.140. The molecule has 1 amide bonds. The van der Waals surface area contributed by atoms with Gasteiger partial charge in [-0.1, -0.05) is 0 Å². The Kier molecular flexibility index (Phi) is 6.81. The molecule has 162 valence electrons. The molecule has 0 bridgehead atoms. The zero-order chi connectivity index (χ0) is 22.7. The Morgan fingerprint density at radius 2 is 1.84 bits per heavy atom. The smallest absolute Gasteiger partial charge is 0.325 e. The molecule has 0 aliphatic carbocycles. The Labute approximate surface area is 192 Å². The van der Waals surface area contributed by atoms with Crippen LogP contribution >= 0.6 is 28.1 Å². The van der Waals surface area contributed by atoms with Crippen molar-refractivity contribution in [2.75, 3.05) is 32.8 Å². The molecule has 1 aliphatic rings. The Morgan fingerprint density at radius 3 is 2.42 bits per heavy atom. The van der Waals surface area contributed by atoms with Crippen LogP contribution in [0.1, 0.15) is 5.56 Å². The summed E-state index contributed by atoms with van der Waals surface area (Å²) in [7, 11) is 4.22. The second-order valence-corrected chi connectivity index (χ2v) is 7.59. The molecule has 1 aliphatic heterocycles. The van der Waals surface area contributed by atoms with Gasteiger partial charge in [0.2, 0.25) is 0 Å². The van der Waals surface area contributed by atoms with Gasteiger partial charge in [0.15, 0.2) is 16.6 Å². The number of halogens is 1. The van der Waals surface area contributed by atoms with E-state index in [-0.39, 0.29) is 28.9 Å². The van der Waals surface area contributed by atoms with Gasteiger partial charge in [-0.25, -0.2) is 0 Å². The van der Waals surface area contributed by atoms with Crippen LogP contribution in [0.25, 0.3) is 6.08 Å². The second-order valence-electron chi connectivity index (χ2n) is 6.37. The maximum atomic E-state index is 13.3. The maximum Gasteiger partial charge on any atom is 0.325 e. The maximum absolute atomic E-state index is 13.3. The molecule has 31 heavy (non-hydrogen) atoms. The number of carbonyl (C=O) groups excluding carboxylic acids is 2. The number of amides is 1. The second kappa shape index (κ2) is 9.36. The standard InChI is InChI=1S/C21H19BrN2O6S/c1-28-14-6-4-13(5-7-14)24-20(27)16(23(21(24)31)11-18(25)30-3)9-12-8-15(22)19(26)17(10-12)29-2/h4-10,26H,11H2,1-3H3/b16-9-. The number of benzene rings is 2. The fraction of sp³-hybridized carbons (Fsp3) is 0.190. The van der Waals surface area contributed by atoms with Crippen molar-refractivity contribution in [1.82, 2.24) is 4.90 Å². The van der Waals surface area contributed by atoms with E-state index in [1.165, 1.54) is 24.0 Å². The highest BCUT2D eigenvalue weighted by Gasteiger charge is 2.40. The predicted octanol–water partition coefficient (Wildman–Crippen LogP) is 3.32. The number of anilines is 1. The van der Waals surface area contributed by atoms with Crippen LogP contribution in [0.4, 0.5) is 5.69 Å². The van der Waals surface area contributed by atoms with Crippen LogP contribution in [0.15, 0.2) is 46.6 Å². The Bertz CT molecular complexity index is 1070. The molecular formula is C21H19BrN2O6S. The average Bonchev–Trinajstić information content (AvgIpc) is 2.99. The molecule has 0 radical (unpaired) electrons. The van der Waals surface area contributed by atoms with Crippen molar-refractivity contribution < 1.29 is 28.9 Å². The van der Waals surface area contributed by atoms with Crippen molar-refractivity contribution in [3.05, 3.63) is 52.1 Å². The summed E-state index contributed by atoms with van der Waals surface area (Å²) in [4.78, 5) is 28.0. The first-order valence-corrected chi connectivity index (χ1v) is 10.2. The van der Waals surface area contributed by atoms with E-state index in [4.69, 9.17) is 26.4 Å². The number of ether oxygens (including phenoxy) is 3. The molecule has 0 aromatic heterocycles. The Morgan fingerprint density at radius 1 is 1.16 bits per heavy atom. The van der Waals surface area contributed by atoms with E-state index < -0.39 is 11.9 Å². The van der Waals surface area contributed by atoms with Crippen LogP contribution in [-0.4, -0.2) is 54.9 Å². The molecular weight excluding hydrogens is 488 g/mol. The summed E-state index contributed by atoms with van der Waals surface area (Å²) in [5.74, 6) is -0.182. The quantitative estimate of drug-likeness (QED) is 0.362. The SMILES string of the molecule is COC(=O)CN1C(=S)N(c2ccc(OC)cc2)C(=O)/C1=C/c1cc(Br)c(O)c(OC)c1. The number of aromatic hydroxyl groups is 1. The summed E-state index contributed by atoms with van der Waals surface area (Å²) in [5.41, 5.74) is 1.25. The molecule has 0 saturated carbocycles. The molecule has 0 spiro atoms. The lowest BCUT2D eigenvalue weighted by Gasteiger charge is -2.19. The third-order valence-electron chi connectivity index (χ3n) is 4.55. The minimum Gasteiger partial charge on any atom is -0.503 e. The van der Waals surface area contributed by atoms with Crippen LogP contribution in [0.2, 0.25) is 0 Å². The summed E-state index contributed by atoms with van der Waals surface area (Å²) in [6.45, 7) is -0.240. The molecule has 8 nitrogen and oxygen atoms in total. The minimum atomic E-state index is -0.554. The minimum absolute atomic E-state index is 0.0656. The fourth-order valence-corrected chi connectivity index (χ4v) is 3.79. The molecule has 0 unspecified atom stereocenters. The van der Waals surface area contributed by atoms with Gasteiger partial charge in [0.05, 0.1) is 31.5 Å². The summed E-state index contributed by atoms with van der Waals surface area (Å²) >= 11 is 8.78. The highest BCUT2D eigenvalue weighted by molar-refractivity contribution is 9.10. The molecule has 1 saturated heterocycles. The third-order valence-corrected chi connectivity index (χ3v) is 5.56. The van der Waals surface area contributed by atoms with Gasteiger partial charge >= 0.3 is 5.97 Å². The molecule has 1 heterocycles. The van der Waals surface area contributed by atoms with Crippen LogP contribution in [0, 0.1) is 0 Å². The summed E-state index contributed by atoms with van der Waals surface area (Å²) in [6, 6.07) is 9.99. The van der Waals surface area contributed by atoms with Gasteiger partial charge in [-0.05, 0) is 76.2 Å². The average molecular weight is 507 g/mol. The van der Waals surface area contributed by atoms with E-state index in [2.05, 4.69) is 15.9 Å². The first-order chi connectivity index (χ1) is 14.8. The lowest BCUT2D eigenvalue weighted by Crippen LogP contribution is -2.35. The number of rotatable bonds is 6. The Balaban J connectivity index is 2.08. The number of hydrogen-bond acceptors (Lipinski definition) is 7. The van der Waals surface area contributed by atoms with E-state index >= 15 is 0 Å². The molecule has 10 heteroatoms. The molecule has 2 aromatic rings. The van der Waals surface area contributed by atoms with E-state index in [0.717, 1.165) is 0 Å². The number of phenolic OH excluding ortho intramolecular Hbond substituents is 1. The van der Waals surface area contributed by atoms with Crippen molar-refractivity contribution in [3.63, 3.8) is 0 Å². The van der Waals surface area contributed by atoms with Crippen LogP contribution < -0.4 is 14.4 Å². The number of nitrogens with zero attached hydrogens (tertiary/aromatic N) is 2. The monoisotopic (exact) mass is 506 g/mol. The number of methoxy groups -OCH3 is 3. The van der Waals surface area contributed by atoms with E-state index in [1.54, 1.807) is 49.6 Å². The zero-order valence-electron chi connectivity index (χ0n) is 16.9. The van der Waals surface area contributed by atoms with E-state index in [1.807, 2.05) is 0 Å². The predicted molar refractivity (Wildman–Crippen MR) is 122 cm³/mol. The number of esters is 1. The highest BCUT2D eigenvalue weighted by Crippen LogP contribution is 2.37. The fourth-order valence-electron chi connectivity index (χ4n) is 2.98. The van der Waals surface area contributed by atoms with Gasteiger partial charge in [0, 0.05) is 0 Å². The molecule has 1 N–H and O–H groups in total. The number of thiocarbonyl (C=S) groups is 1. The molecule has 0 atom stereocenters. The first-order valence-electron chi connectivity index (χ1n) is 8.95. The van der Waals surface area contributed by atoms with Gasteiger partial charge in [0.25, 0.3) is 5.91 Å². The molecule has 1 fully saturated rings. The number of phenols is 1. The largest absolute Gasteiger partial charge is 0.503 e. The summed E-state index contributed by atoms with van der Waals surface area (Å²) < 4.78 is 15.5. The number of hydrogen-bond donors (Lipinski definition) is 1. The summed E-state index contributed by atoms with van der Waals surface area (Å²) in [5, 5.41) is 10.2. The van der Waals surface area contributed by atoms with Gasteiger partial charge < -0.3 is 24.2 Å². The van der Waals surface area contributed by atoms with Crippen molar-refractivity contribution in [1.29, 1.82) is 0 Å². The lowest BCUT2D eigenvalue weighted by atomic mass is 10.1. The highest BCUT2D eigenvalue weighted by atomic mass is 79.9. The normalized spacial score (nSPS) is 14.9. The van der Waals surface area contributed by atoms with Gasteiger partial charge in [-0.3, -0.25) is 14.5 Å². The molecule has 3 rings (SSSR count). The van der Waals surface area contributed by atoms with Gasteiger partial charge in [0.1, 0.15) is 18.0 Å². The third kappa shape index (κ3) is 4.49. The van der Waals surface area contributed by atoms with Gasteiger partial charge in [-0.2, -0.15) is 0 Å². The first kappa shape index (κ1) is 22.6. The summed E-state index contributed by atoms with van der Waals surface area (Å²) in [6.07, 6.45) is 1.56. The topological polar surface area (TPSA) is 88.5 Å². The van der Waals surface area contributed by atoms with Crippen molar-refractivity contribution >= 4 is 56.9 Å². The van der Waals surface area contributed by atoms with E-state index in [0.29, 0.717) is 21.5 Å². The van der Waals surface area contributed by atoms with Gasteiger partial charge in [-0.15, -0.1) is 0 Å². The van der Waals surface area contributed by atoms with Crippen molar-refractivity contribution in [2.45, 2.75) is 0 Å². The van der Waals surface area contributed by atoms with Crippen LogP contribution in [0.3, 0.4) is 0 Å².